The molecule has 0 saturated heterocycles. The van der Waals surface area contributed by atoms with Crippen LogP contribution in [0.5, 0.6) is 5.75 Å². The summed E-state index contributed by atoms with van der Waals surface area (Å²) in [5.74, 6) is -0.0606. The lowest BCUT2D eigenvalue weighted by molar-refractivity contribution is 0.0735. The summed E-state index contributed by atoms with van der Waals surface area (Å²) in [5, 5.41) is 9.78. The van der Waals surface area contributed by atoms with Gasteiger partial charge < -0.3 is 4.74 Å². The lowest BCUT2D eigenvalue weighted by Gasteiger charge is -2.08. The first-order valence-electron chi connectivity index (χ1n) is 7.92. The number of rotatable bonds is 3. The Morgan fingerprint density at radius 3 is 2.65 bits per heavy atom. The summed E-state index contributed by atoms with van der Waals surface area (Å²) in [7, 11) is 0. The minimum Gasteiger partial charge on any atom is -0.422 e. The van der Waals surface area contributed by atoms with Crippen molar-refractivity contribution in [2.45, 2.75) is 0 Å². The van der Waals surface area contributed by atoms with Crippen molar-refractivity contribution in [3.8, 4) is 22.4 Å². The monoisotopic (exact) mass is 356 g/mol. The molecule has 0 aliphatic carbocycles. The number of hydrogen-bond donors (Lipinski definition) is 0. The van der Waals surface area contributed by atoms with Crippen LogP contribution in [0.15, 0.2) is 72.8 Å². The molecule has 0 radical (unpaired) electrons. The van der Waals surface area contributed by atoms with Crippen LogP contribution in [-0.4, -0.2) is 11.0 Å². The summed E-state index contributed by atoms with van der Waals surface area (Å²) in [6.45, 7) is 0. The van der Waals surface area contributed by atoms with E-state index in [1.807, 2.05) is 48.5 Å². The first kappa shape index (κ1) is 16.0. The number of para-hydroxylation sites is 2. The van der Waals surface area contributed by atoms with Gasteiger partial charge in [0.25, 0.3) is 0 Å². The second kappa shape index (κ2) is 6.79. The van der Waals surface area contributed by atoms with E-state index in [2.05, 4.69) is 4.98 Å². The van der Waals surface area contributed by atoms with E-state index >= 15 is 0 Å². The van der Waals surface area contributed by atoms with Crippen LogP contribution in [0.3, 0.4) is 0 Å². The van der Waals surface area contributed by atoms with Crippen molar-refractivity contribution in [2.24, 2.45) is 0 Å². The molecule has 0 bridgehead atoms. The number of carbonyl (C=O) groups is 1. The molecule has 0 aliphatic heterocycles. The number of fused-ring (bicyclic) bond motifs is 1. The van der Waals surface area contributed by atoms with E-state index in [1.165, 1.54) is 6.07 Å². The molecule has 5 heteroatoms. The van der Waals surface area contributed by atoms with Gasteiger partial charge in [-0.15, -0.1) is 11.3 Å². The highest BCUT2D eigenvalue weighted by atomic mass is 32.1. The molecule has 0 amide bonds. The quantitative estimate of drug-likeness (QED) is 0.380. The van der Waals surface area contributed by atoms with Gasteiger partial charge in [-0.2, -0.15) is 5.26 Å². The number of thiazole rings is 1. The van der Waals surface area contributed by atoms with Gasteiger partial charge in [0.1, 0.15) is 10.8 Å². The lowest BCUT2D eigenvalue weighted by Crippen LogP contribution is -2.09. The van der Waals surface area contributed by atoms with Gasteiger partial charge in [0, 0.05) is 0 Å². The zero-order valence-electron chi connectivity index (χ0n) is 13.5. The molecular weight excluding hydrogens is 344 g/mol. The SMILES string of the molecule is N#Cc1cccc(C(=O)Oc2ccccc2-c2nc3ccccc3s2)c1. The fourth-order valence-corrected chi connectivity index (χ4v) is 3.59. The average Bonchev–Trinajstić information content (AvgIpc) is 3.12. The molecule has 124 valence electrons. The normalized spacial score (nSPS) is 10.4. The zero-order valence-corrected chi connectivity index (χ0v) is 14.4. The molecule has 0 N–H and O–H groups in total. The van der Waals surface area contributed by atoms with Crippen LogP contribution in [0, 0.1) is 11.3 Å². The van der Waals surface area contributed by atoms with Gasteiger partial charge in [0.15, 0.2) is 0 Å². The van der Waals surface area contributed by atoms with E-state index in [9.17, 15) is 4.79 Å². The zero-order chi connectivity index (χ0) is 17.9. The molecule has 3 aromatic carbocycles. The van der Waals surface area contributed by atoms with Gasteiger partial charge in [0.2, 0.25) is 0 Å². The Hall–Kier alpha value is -3.49. The van der Waals surface area contributed by atoms with Crippen molar-refractivity contribution < 1.29 is 9.53 Å². The van der Waals surface area contributed by atoms with Crippen molar-refractivity contribution in [3.63, 3.8) is 0 Å². The Bertz CT molecular complexity index is 1120. The van der Waals surface area contributed by atoms with Gasteiger partial charge in [-0.25, -0.2) is 9.78 Å². The number of esters is 1. The summed E-state index contributed by atoms with van der Waals surface area (Å²) < 4.78 is 6.67. The Kier molecular flexibility index (Phi) is 4.18. The van der Waals surface area contributed by atoms with Crippen LogP contribution in [-0.2, 0) is 0 Å². The molecule has 0 spiro atoms. The molecule has 4 aromatic rings. The van der Waals surface area contributed by atoms with E-state index in [1.54, 1.807) is 35.6 Å². The predicted octanol–water partition coefficient (Wildman–Crippen LogP) is 5.05. The summed E-state index contributed by atoms with van der Waals surface area (Å²) in [6.07, 6.45) is 0. The molecule has 1 aromatic heterocycles. The smallest absolute Gasteiger partial charge is 0.343 e. The third kappa shape index (κ3) is 3.06. The average molecular weight is 356 g/mol. The number of nitriles is 1. The Morgan fingerprint density at radius 2 is 1.81 bits per heavy atom. The van der Waals surface area contributed by atoms with Gasteiger partial charge in [-0.1, -0.05) is 30.3 Å². The van der Waals surface area contributed by atoms with E-state index < -0.39 is 5.97 Å². The summed E-state index contributed by atoms with van der Waals surface area (Å²) >= 11 is 1.55. The third-order valence-electron chi connectivity index (χ3n) is 3.84. The highest BCUT2D eigenvalue weighted by Crippen LogP contribution is 2.35. The molecular formula is C21H12N2O2S. The predicted molar refractivity (Wildman–Crippen MR) is 101 cm³/mol. The van der Waals surface area contributed by atoms with E-state index in [0.717, 1.165) is 20.8 Å². The van der Waals surface area contributed by atoms with Crippen LogP contribution in [0.1, 0.15) is 15.9 Å². The number of aromatic nitrogens is 1. The maximum Gasteiger partial charge on any atom is 0.343 e. The molecule has 0 saturated carbocycles. The van der Waals surface area contributed by atoms with Crippen LogP contribution < -0.4 is 4.74 Å². The standard InChI is InChI=1S/C21H12N2O2S/c22-13-14-6-5-7-15(12-14)21(24)25-18-10-3-1-8-16(18)20-23-17-9-2-4-11-19(17)26-20/h1-12H. The molecule has 0 atom stereocenters. The fourth-order valence-electron chi connectivity index (χ4n) is 2.59. The lowest BCUT2D eigenvalue weighted by atomic mass is 10.1. The Balaban J connectivity index is 1.69. The van der Waals surface area contributed by atoms with E-state index in [-0.39, 0.29) is 0 Å². The number of nitrogens with zero attached hydrogens (tertiary/aromatic N) is 2. The molecule has 4 nitrogen and oxygen atoms in total. The molecule has 1 heterocycles. The van der Waals surface area contributed by atoms with E-state index in [0.29, 0.717) is 16.9 Å². The van der Waals surface area contributed by atoms with Gasteiger partial charge in [-0.3, -0.25) is 0 Å². The van der Waals surface area contributed by atoms with Crippen molar-refractivity contribution in [3.05, 3.63) is 83.9 Å². The molecule has 0 unspecified atom stereocenters. The summed E-state index contributed by atoms with van der Waals surface area (Å²) in [6, 6.07) is 23.7. The first-order valence-corrected chi connectivity index (χ1v) is 8.73. The first-order chi connectivity index (χ1) is 12.7. The number of hydrogen-bond acceptors (Lipinski definition) is 5. The third-order valence-corrected chi connectivity index (χ3v) is 4.91. The summed E-state index contributed by atoms with van der Waals surface area (Å²) in [5.41, 5.74) is 2.43. The minimum absolute atomic E-state index is 0.336. The second-order valence-electron chi connectivity index (χ2n) is 5.57. The fraction of sp³-hybridized carbons (Fsp3) is 0. The van der Waals surface area contributed by atoms with Crippen LogP contribution >= 0.6 is 11.3 Å². The van der Waals surface area contributed by atoms with Crippen molar-refractivity contribution in [1.82, 2.24) is 4.98 Å². The summed E-state index contributed by atoms with van der Waals surface area (Å²) in [4.78, 5) is 17.1. The number of benzene rings is 3. The second-order valence-corrected chi connectivity index (χ2v) is 6.60. The topological polar surface area (TPSA) is 63.0 Å². The maximum atomic E-state index is 12.5. The Morgan fingerprint density at radius 1 is 1.00 bits per heavy atom. The van der Waals surface area contributed by atoms with Crippen LogP contribution in [0.2, 0.25) is 0 Å². The molecule has 26 heavy (non-hydrogen) atoms. The highest BCUT2D eigenvalue weighted by molar-refractivity contribution is 7.21. The van der Waals surface area contributed by atoms with Crippen molar-refractivity contribution in [2.75, 3.05) is 0 Å². The van der Waals surface area contributed by atoms with Crippen molar-refractivity contribution >= 4 is 27.5 Å². The van der Waals surface area contributed by atoms with Gasteiger partial charge in [0.05, 0.1) is 33.0 Å². The number of carbonyl (C=O) groups excluding carboxylic acids is 1. The number of ether oxygens (including phenoxy) is 1. The largest absolute Gasteiger partial charge is 0.422 e. The van der Waals surface area contributed by atoms with Gasteiger partial charge >= 0.3 is 5.97 Å². The molecule has 0 fully saturated rings. The van der Waals surface area contributed by atoms with Gasteiger partial charge in [-0.05, 0) is 42.5 Å². The minimum atomic E-state index is -0.504. The maximum absolute atomic E-state index is 12.5. The Labute approximate surface area is 153 Å². The van der Waals surface area contributed by atoms with Crippen LogP contribution in [0.4, 0.5) is 0 Å². The van der Waals surface area contributed by atoms with Crippen LogP contribution in [0.25, 0.3) is 20.8 Å². The highest BCUT2D eigenvalue weighted by Gasteiger charge is 2.15. The van der Waals surface area contributed by atoms with E-state index in [4.69, 9.17) is 10.00 Å². The van der Waals surface area contributed by atoms with Crippen molar-refractivity contribution in [1.29, 1.82) is 5.26 Å². The molecule has 0 aliphatic rings. The molecule has 4 rings (SSSR count).